The molecule has 6 nitrogen and oxygen atoms in total. The number of amides is 2. The Morgan fingerprint density at radius 1 is 1.24 bits per heavy atom. The van der Waals surface area contributed by atoms with Crippen molar-refractivity contribution in [2.75, 3.05) is 20.6 Å². The van der Waals surface area contributed by atoms with E-state index in [0.717, 1.165) is 6.07 Å². The highest BCUT2D eigenvalue weighted by Gasteiger charge is 2.15. The van der Waals surface area contributed by atoms with E-state index in [2.05, 4.69) is 5.32 Å². The maximum absolute atomic E-state index is 11.8. The number of hydrogen-bond acceptors (Lipinski definition) is 4. The van der Waals surface area contributed by atoms with Crippen LogP contribution in [-0.2, 0) is 4.79 Å². The molecule has 0 fully saturated rings. The molecule has 3 N–H and O–H groups in total. The summed E-state index contributed by atoms with van der Waals surface area (Å²) in [6.45, 7) is -0.0915. The number of nitrogens with one attached hydrogen (secondary N) is 1. The van der Waals surface area contributed by atoms with Gasteiger partial charge in [-0.1, -0.05) is 0 Å². The third-order valence-electron chi connectivity index (χ3n) is 2.16. The van der Waals surface area contributed by atoms with Crippen molar-refractivity contribution < 1.29 is 19.8 Å². The molecule has 0 atom stereocenters. The zero-order valence-electron chi connectivity index (χ0n) is 9.60. The molecule has 2 amide bonds. The minimum atomic E-state index is -0.459. The summed E-state index contributed by atoms with van der Waals surface area (Å²) in [4.78, 5) is 24.1. The third kappa shape index (κ3) is 3.37. The quantitative estimate of drug-likeness (QED) is 0.686. The van der Waals surface area contributed by atoms with Crippen molar-refractivity contribution in [2.24, 2.45) is 0 Å². The predicted octanol–water partition coefficient (Wildman–Crippen LogP) is -0.0842. The van der Waals surface area contributed by atoms with Gasteiger partial charge >= 0.3 is 0 Å². The van der Waals surface area contributed by atoms with E-state index in [9.17, 15) is 19.8 Å². The van der Waals surface area contributed by atoms with Gasteiger partial charge in [0.05, 0.1) is 6.54 Å². The van der Waals surface area contributed by atoms with E-state index in [1.54, 1.807) is 0 Å². The first kappa shape index (κ1) is 12.8. The fraction of sp³-hybridized carbons (Fsp3) is 0.273. The molecule has 1 aromatic carbocycles. The highest BCUT2D eigenvalue weighted by Crippen LogP contribution is 2.21. The van der Waals surface area contributed by atoms with Crippen LogP contribution in [0, 0.1) is 0 Å². The monoisotopic (exact) mass is 238 g/mol. The van der Waals surface area contributed by atoms with Crippen molar-refractivity contribution in [3.8, 4) is 11.5 Å². The maximum Gasteiger partial charge on any atom is 0.254 e. The van der Waals surface area contributed by atoms with E-state index < -0.39 is 5.91 Å². The molecule has 0 radical (unpaired) electrons. The summed E-state index contributed by atoms with van der Waals surface area (Å²) < 4.78 is 0. The van der Waals surface area contributed by atoms with Crippen molar-refractivity contribution in [2.45, 2.75) is 0 Å². The van der Waals surface area contributed by atoms with E-state index in [0.29, 0.717) is 0 Å². The second-order valence-electron chi connectivity index (χ2n) is 3.57. The molecule has 6 heteroatoms. The molecule has 0 saturated heterocycles. The Hall–Kier alpha value is -2.24. The summed E-state index contributed by atoms with van der Waals surface area (Å²) in [6.07, 6.45) is 0. The van der Waals surface area contributed by atoms with Gasteiger partial charge in [-0.2, -0.15) is 0 Å². The fourth-order valence-electron chi connectivity index (χ4n) is 1.31. The third-order valence-corrected chi connectivity index (χ3v) is 2.16. The average Bonchev–Trinajstić information content (AvgIpc) is 2.26. The van der Waals surface area contributed by atoms with Crippen LogP contribution in [0.4, 0.5) is 0 Å². The molecule has 0 saturated carbocycles. The van der Waals surface area contributed by atoms with Crippen molar-refractivity contribution in [3.63, 3.8) is 0 Å². The molecule has 0 spiro atoms. The highest BCUT2D eigenvalue weighted by atomic mass is 16.3. The zero-order chi connectivity index (χ0) is 13.0. The van der Waals surface area contributed by atoms with Crippen molar-refractivity contribution in [1.82, 2.24) is 10.2 Å². The maximum atomic E-state index is 11.8. The summed E-state index contributed by atoms with van der Waals surface area (Å²) in [5.41, 5.74) is 0.119. The Kier molecular flexibility index (Phi) is 3.92. The highest BCUT2D eigenvalue weighted by molar-refractivity contribution is 5.97. The number of likely N-dealkylation sites (N-methyl/N-ethyl adjacent to an activating group) is 2. The number of carbonyl (C=O) groups excluding carboxylic acids is 2. The normalized spacial score (nSPS) is 9.76. The molecule has 0 heterocycles. The molecular formula is C11H14N2O4. The van der Waals surface area contributed by atoms with E-state index in [1.807, 2.05) is 0 Å². The first-order valence-corrected chi connectivity index (χ1v) is 4.93. The summed E-state index contributed by atoms with van der Waals surface area (Å²) in [7, 11) is 2.93. The molecule has 1 aromatic rings. The molecule has 17 heavy (non-hydrogen) atoms. The zero-order valence-corrected chi connectivity index (χ0v) is 9.60. The summed E-state index contributed by atoms with van der Waals surface area (Å²) in [6, 6.07) is 3.57. The largest absolute Gasteiger partial charge is 0.508 e. The second-order valence-corrected chi connectivity index (χ2v) is 3.57. The van der Waals surface area contributed by atoms with Gasteiger partial charge in [-0.05, 0) is 12.1 Å². The molecule has 0 unspecified atom stereocenters. The first-order chi connectivity index (χ1) is 7.93. The summed E-state index contributed by atoms with van der Waals surface area (Å²) in [5.74, 6) is -1.17. The number of hydrogen-bond donors (Lipinski definition) is 3. The fourth-order valence-corrected chi connectivity index (χ4v) is 1.31. The molecule has 92 valence electrons. The van der Waals surface area contributed by atoms with Crippen LogP contribution >= 0.6 is 0 Å². The lowest BCUT2D eigenvalue weighted by Gasteiger charge is -2.16. The second kappa shape index (κ2) is 5.20. The van der Waals surface area contributed by atoms with Gasteiger partial charge in [0.15, 0.2) is 0 Å². The number of nitrogens with zero attached hydrogens (tertiary/aromatic N) is 1. The molecule has 1 rings (SSSR count). The van der Waals surface area contributed by atoms with Gasteiger partial charge in [0.25, 0.3) is 5.91 Å². The van der Waals surface area contributed by atoms with E-state index in [4.69, 9.17) is 0 Å². The molecule has 0 aromatic heterocycles. The van der Waals surface area contributed by atoms with Gasteiger partial charge in [-0.25, -0.2) is 0 Å². The number of carbonyl (C=O) groups is 2. The van der Waals surface area contributed by atoms with Gasteiger partial charge in [-0.15, -0.1) is 0 Å². The van der Waals surface area contributed by atoms with Gasteiger partial charge in [0, 0.05) is 25.7 Å². The number of phenols is 2. The SMILES string of the molecule is CNC(=O)CN(C)C(=O)c1cc(O)cc(O)c1. The number of rotatable bonds is 3. The Morgan fingerprint density at radius 2 is 1.76 bits per heavy atom. The standard InChI is InChI=1S/C11H14N2O4/c1-12-10(16)6-13(2)11(17)7-3-8(14)5-9(15)4-7/h3-5,14-15H,6H2,1-2H3,(H,12,16). The van der Waals surface area contributed by atoms with Crippen molar-refractivity contribution in [3.05, 3.63) is 23.8 Å². The summed E-state index contributed by atoms with van der Waals surface area (Å²) >= 11 is 0. The first-order valence-electron chi connectivity index (χ1n) is 4.93. The minimum Gasteiger partial charge on any atom is -0.508 e. The predicted molar refractivity (Wildman–Crippen MR) is 60.8 cm³/mol. The lowest BCUT2D eigenvalue weighted by atomic mass is 10.2. The van der Waals surface area contributed by atoms with Crippen molar-refractivity contribution >= 4 is 11.8 Å². The summed E-state index contributed by atoms with van der Waals surface area (Å²) in [5, 5.41) is 20.9. The Balaban J connectivity index is 2.85. The van der Waals surface area contributed by atoms with Crippen LogP contribution < -0.4 is 5.32 Å². The van der Waals surface area contributed by atoms with Crippen LogP contribution in [0.25, 0.3) is 0 Å². The average molecular weight is 238 g/mol. The van der Waals surface area contributed by atoms with Gasteiger partial charge < -0.3 is 20.4 Å². The molecule has 0 aliphatic rings. The molecule has 0 aliphatic carbocycles. The van der Waals surface area contributed by atoms with Gasteiger partial charge in [-0.3, -0.25) is 9.59 Å². The smallest absolute Gasteiger partial charge is 0.254 e. The van der Waals surface area contributed by atoms with Crippen LogP contribution in [0.5, 0.6) is 11.5 Å². The number of aromatic hydroxyl groups is 2. The van der Waals surface area contributed by atoms with Crippen LogP contribution in [-0.4, -0.2) is 47.6 Å². The lowest BCUT2D eigenvalue weighted by molar-refractivity contribution is -0.121. The Labute approximate surface area is 98.5 Å². The van der Waals surface area contributed by atoms with Crippen LogP contribution in [0.15, 0.2) is 18.2 Å². The molecule has 0 bridgehead atoms. The molecule has 0 aliphatic heterocycles. The number of phenolic OH excluding ortho intramolecular Hbond substituents is 2. The van der Waals surface area contributed by atoms with E-state index in [1.165, 1.54) is 31.1 Å². The van der Waals surface area contributed by atoms with Crippen LogP contribution in [0.3, 0.4) is 0 Å². The van der Waals surface area contributed by atoms with Crippen molar-refractivity contribution in [1.29, 1.82) is 0 Å². The Morgan fingerprint density at radius 3 is 2.24 bits per heavy atom. The van der Waals surface area contributed by atoms with Gasteiger partial charge in [0.1, 0.15) is 11.5 Å². The molecular weight excluding hydrogens is 224 g/mol. The van der Waals surface area contributed by atoms with Gasteiger partial charge in [0.2, 0.25) is 5.91 Å². The topological polar surface area (TPSA) is 89.9 Å². The van der Waals surface area contributed by atoms with Crippen LogP contribution in [0.1, 0.15) is 10.4 Å². The van der Waals surface area contributed by atoms with E-state index >= 15 is 0 Å². The minimum absolute atomic E-state index is 0.0915. The van der Waals surface area contributed by atoms with Crippen LogP contribution in [0.2, 0.25) is 0 Å². The number of benzene rings is 1. The Bertz CT molecular complexity index is 425. The van der Waals surface area contributed by atoms with E-state index in [-0.39, 0.29) is 29.5 Å². The lowest BCUT2D eigenvalue weighted by Crippen LogP contribution is -2.36.